The molecule has 114 valence electrons. The molecule has 0 unspecified atom stereocenters. The van der Waals surface area contributed by atoms with Crippen LogP contribution in [0.1, 0.15) is 62.0 Å². The quantitative estimate of drug-likeness (QED) is 0.883. The van der Waals surface area contributed by atoms with Crippen LogP contribution in [0.4, 0.5) is 0 Å². The van der Waals surface area contributed by atoms with Crippen molar-refractivity contribution in [1.82, 2.24) is 4.98 Å². The Morgan fingerprint density at radius 3 is 1.86 bits per heavy atom. The molecule has 0 saturated heterocycles. The molecular formula is C17H23NO3. The summed E-state index contributed by atoms with van der Waals surface area (Å²) in [7, 11) is 0. The fourth-order valence-electron chi connectivity index (χ4n) is 2.70. The monoisotopic (exact) mass is 289 g/mol. The molecule has 0 aliphatic heterocycles. The van der Waals surface area contributed by atoms with Crippen molar-refractivity contribution >= 4 is 0 Å². The third-order valence-corrected chi connectivity index (χ3v) is 3.64. The van der Waals surface area contributed by atoms with E-state index in [9.17, 15) is 10.2 Å². The van der Waals surface area contributed by atoms with Gasteiger partial charge in [-0.25, -0.2) is 0 Å². The van der Waals surface area contributed by atoms with Gasteiger partial charge in [-0.05, 0) is 24.0 Å². The van der Waals surface area contributed by atoms with Crippen LogP contribution in [-0.2, 0) is 13.2 Å². The van der Waals surface area contributed by atoms with Gasteiger partial charge < -0.3 is 14.6 Å². The second kappa shape index (κ2) is 6.41. The maximum absolute atomic E-state index is 9.83. The zero-order valence-electron chi connectivity index (χ0n) is 13.1. The molecule has 0 amide bonds. The Hall–Kier alpha value is -1.65. The number of hydrogen-bond donors (Lipinski definition) is 2. The second-order valence-corrected chi connectivity index (χ2v) is 5.82. The third kappa shape index (κ3) is 2.87. The van der Waals surface area contributed by atoms with Gasteiger partial charge in [0, 0.05) is 28.1 Å². The zero-order valence-corrected chi connectivity index (χ0v) is 13.1. The van der Waals surface area contributed by atoms with Crippen LogP contribution in [0.2, 0.25) is 0 Å². The van der Waals surface area contributed by atoms with E-state index >= 15 is 0 Å². The molecule has 0 aliphatic carbocycles. The summed E-state index contributed by atoms with van der Waals surface area (Å²) in [4.78, 5) is 4.72. The van der Waals surface area contributed by atoms with Crippen molar-refractivity contribution in [2.75, 3.05) is 0 Å². The summed E-state index contributed by atoms with van der Waals surface area (Å²) >= 11 is 0. The molecule has 0 aromatic carbocycles. The highest BCUT2D eigenvalue weighted by molar-refractivity contribution is 5.69. The molecule has 2 aromatic heterocycles. The van der Waals surface area contributed by atoms with Gasteiger partial charge in [0.25, 0.3) is 0 Å². The Morgan fingerprint density at radius 1 is 1.00 bits per heavy atom. The Bertz CT molecular complexity index is 567. The minimum Gasteiger partial charge on any atom is -0.464 e. The maximum Gasteiger partial charge on any atom is 0.134 e. The van der Waals surface area contributed by atoms with E-state index in [0.29, 0.717) is 5.76 Å². The van der Waals surface area contributed by atoms with Crippen LogP contribution in [0.3, 0.4) is 0 Å². The Morgan fingerprint density at radius 2 is 1.52 bits per heavy atom. The highest BCUT2D eigenvalue weighted by Gasteiger charge is 2.24. The second-order valence-electron chi connectivity index (χ2n) is 5.82. The normalized spacial score (nSPS) is 11.6. The number of pyridine rings is 1. The van der Waals surface area contributed by atoms with E-state index in [4.69, 9.17) is 9.40 Å². The van der Waals surface area contributed by atoms with Crippen LogP contribution in [-0.4, -0.2) is 15.2 Å². The van der Waals surface area contributed by atoms with Crippen molar-refractivity contribution in [1.29, 1.82) is 0 Å². The predicted molar refractivity (Wildman–Crippen MR) is 82.0 cm³/mol. The Balaban J connectivity index is 2.85. The highest BCUT2D eigenvalue weighted by Crippen LogP contribution is 2.36. The molecule has 0 bridgehead atoms. The van der Waals surface area contributed by atoms with E-state index in [0.717, 1.165) is 28.1 Å². The van der Waals surface area contributed by atoms with Crippen LogP contribution in [0.25, 0.3) is 11.3 Å². The number of hydrogen-bond acceptors (Lipinski definition) is 4. The van der Waals surface area contributed by atoms with E-state index in [2.05, 4.69) is 27.7 Å². The third-order valence-electron chi connectivity index (χ3n) is 3.64. The molecule has 0 saturated carbocycles. The first-order valence-corrected chi connectivity index (χ1v) is 7.32. The van der Waals surface area contributed by atoms with Crippen LogP contribution in [0.5, 0.6) is 0 Å². The number of furan rings is 1. The van der Waals surface area contributed by atoms with Crippen LogP contribution >= 0.6 is 0 Å². The number of nitrogens with zero attached hydrogens (tertiary/aromatic N) is 1. The molecule has 0 spiro atoms. The summed E-state index contributed by atoms with van der Waals surface area (Å²) in [6, 6.07) is 3.66. The van der Waals surface area contributed by atoms with E-state index in [-0.39, 0.29) is 25.0 Å². The largest absolute Gasteiger partial charge is 0.464 e. The lowest BCUT2D eigenvalue weighted by Crippen LogP contribution is -2.12. The average molecular weight is 289 g/mol. The van der Waals surface area contributed by atoms with Gasteiger partial charge in [-0.2, -0.15) is 0 Å². The van der Waals surface area contributed by atoms with Crippen molar-refractivity contribution in [3.05, 3.63) is 40.9 Å². The minimum atomic E-state index is -0.123. The van der Waals surface area contributed by atoms with E-state index < -0.39 is 0 Å². The summed E-state index contributed by atoms with van der Waals surface area (Å²) in [6.45, 7) is 7.96. The Labute approximate surface area is 125 Å². The number of aromatic nitrogens is 1. The van der Waals surface area contributed by atoms with Crippen molar-refractivity contribution < 1.29 is 14.6 Å². The van der Waals surface area contributed by atoms with Gasteiger partial charge in [0.15, 0.2) is 0 Å². The van der Waals surface area contributed by atoms with Gasteiger partial charge >= 0.3 is 0 Å². The average Bonchev–Trinajstić information content (AvgIpc) is 2.98. The molecule has 0 fully saturated rings. The van der Waals surface area contributed by atoms with Crippen LogP contribution in [0.15, 0.2) is 22.8 Å². The molecule has 0 atom stereocenters. The van der Waals surface area contributed by atoms with Crippen molar-refractivity contribution in [2.45, 2.75) is 52.7 Å². The van der Waals surface area contributed by atoms with Gasteiger partial charge in [-0.1, -0.05) is 27.7 Å². The smallest absolute Gasteiger partial charge is 0.134 e. The standard InChI is InChI=1S/C17H23NO3/c1-10(2)16-12(8-19)15(14-6-5-7-21-14)13(9-20)17(18-16)11(3)4/h5-7,10-11,19-20H,8-9H2,1-4H3. The maximum atomic E-state index is 9.83. The summed E-state index contributed by atoms with van der Waals surface area (Å²) in [5.41, 5.74) is 4.00. The van der Waals surface area contributed by atoms with Gasteiger partial charge in [-0.15, -0.1) is 0 Å². The summed E-state index contributed by atoms with van der Waals surface area (Å²) in [5.74, 6) is 1.03. The van der Waals surface area contributed by atoms with Crippen LogP contribution < -0.4 is 0 Å². The SMILES string of the molecule is CC(C)c1nc(C(C)C)c(CO)c(-c2ccco2)c1CO. The fraction of sp³-hybridized carbons (Fsp3) is 0.471. The lowest BCUT2D eigenvalue weighted by atomic mass is 9.90. The summed E-state index contributed by atoms with van der Waals surface area (Å²) < 4.78 is 5.52. The van der Waals surface area contributed by atoms with Crippen molar-refractivity contribution in [3.63, 3.8) is 0 Å². The summed E-state index contributed by atoms with van der Waals surface area (Å²) in [6.07, 6.45) is 1.60. The molecular weight excluding hydrogens is 266 g/mol. The predicted octanol–water partition coefficient (Wildman–Crippen LogP) is 3.57. The molecule has 2 rings (SSSR count). The Kier molecular flexibility index (Phi) is 4.80. The first-order valence-electron chi connectivity index (χ1n) is 7.32. The van der Waals surface area contributed by atoms with E-state index in [1.807, 2.05) is 12.1 Å². The van der Waals surface area contributed by atoms with Crippen molar-refractivity contribution in [2.24, 2.45) is 0 Å². The molecule has 21 heavy (non-hydrogen) atoms. The first-order chi connectivity index (χ1) is 10.0. The number of rotatable bonds is 5. The topological polar surface area (TPSA) is 66.5 Å². The van der Waals surface area contributed by atoms with Gasteiger partial charge in [0.1, 0.15) is 5.76 Å². The minimum absolute atomic E-state index is 0.123. The molecule has 2 aromatic rings. The van der Waals surface area contributed by atoms with Gasteiger partial charge in [0.05, 0.1) is 19.5 Å². The summed E-state index contributed by atoms with van der Waals surface area (Å²) in [5, 5.41) is 19.7. The number of aliphatic hydroxyl groups excluding tert-OH is 2. The van der Waals surface area contributed by atoms with Crippen LogP contribution in [0, 0.1) is 0 Å². The van der Waals surface area contributed by atoms with Gasteiger partial charge in [0.2, 0.25) is 0 Å². The molecule has 4 nitrogen and oxygen atoms in total. The highest BCUT2D eigenvalue weighted by atomic mass is 16.3. The molecule has 0 aliphatic rings. The molecule has 0 radical (unpaired) electrons. The van der Waals surface area contributed by atoms with E-state index in [1.165, 1.54) is 0 Å². The molecule has 4 heteroatoms. The molecule has 2 heterocycles. The lowest BCUT2D eigenvalue weighted by Gasteiger charge is -2.21. The van der Waals surface area contributed by atoms with E-state index in [1.54, 1.807) is 6.26 Å². The van der Waals surface area contributed by atoms with Gasteiger partial charge in [-0.3, -0.25) is 4.98 Å². The lowest BCUT2D eigenvalue weighted by molar-refractivity contribution is 0.272. The molecule has 2 N–H and O–H groups in total. The first kappa shape index (κ1) is 15.7. The zero-order chi connectivity index (χ0) is 15.6. The fourth-order valence-corrected chi connectivity index (χ4v) is 2.70. The number of aliphatic hydroxyl groups is 2. The van der Waals surface area contributed by atoms with Crippen molar-refractivity contribution in [3.8, 4) is 11.3 Å².